The Balaban J connectivity index is 1.93. The predicted octanol–water partition coefficient (Wildman–Crippen LogP) is 6.48. The molecule has 18 heteroatoms. The summed E-state index contributed by atoms with van der Waals surface area (Å²) in [7, 11) is -4.40. The largest absolute Gasteiger partial charge is 0.426 e. The van der Waals surface area contributed by atoms with Gasteiger partial charge in [0.15, 0.2) is 5.82 Å². The Morgan fingerprint density at radius 2 is 1.80 bits per heavy atom. The molecule has 1 saturated heterocycles. The van der Waals surface area contributed by atoms with E-state index in [0.717, 1.165) is 0 Å². The van der Waals surface area contributed by atoms with Gasteiger partial charge in [0, 0.05) is 6.07 Å². The van der Waals surface area contributed by atoms with E-state index in [1.54, 1.807) is 18.2 Å². The quantitative estimate of drug-likeness (QED) is 0.0922. The molecule has 2 unspecified atom stereocenters. The second-order valence-corrected chi connectivity index (χ2v) is 11.9. The van der Waals surface area contributed by atoms with E-state index in [4.69, 9.17) is 9.15 Å². The Labute approximate surface area is 252 Å². The van der Waals surface area contributed by atoms with Gasteiger partial charge in [0.2, 0.25) is 21.3 Å². The number of aromatic nitrogens is 3. The molecule has 1 aromatic carbocycles. The van der Waals surface area contributed by atoms with Crippen molar-refractivity contribution >= 4 is 21.5 Å². The van der Waals surface area contributed by atoms with Gasteiger partial charge in [-0.1, -0.05) is 42.5 Å². The average molecular weight is 662 g/mol. The van der Waals surface area contributed by atoms with E-state index in [0.29, 0.717) is 9.87 Å². The van der Waals surface area contributed by atoms with Gasteiger partial charge in [0.05, 0.1) is 23.3 Å². The minimum Gasteiger partial charge on any atom is -0.415 e. The predicted molar refractivity (Wildman–Crippen MR) is 147 cm³/mol. The van der Waals surface area contributed by atoms with Crippen LogP contribution in [0, 0.1) is 10.1 Å². The third-order valence-electron chi connectivity index (χ3n) is 6.93. The number of nitrogens with zero attached hydrogens (tertiary/aromatic N) is 5. The van der Waals surface area contributed by atoms with E-state index in [2.05, 4.69) is 28.3 Å². The second kappa shape index (κ2) is 12.6. The van der Waals surface area contributed by atoms with E-state index in [1.807, 2.05) is 0 Å². The third kappa shape index (κ3) is 6.70. The van der Waals surface area contributed by atoms with Crippen LogP contribution in [0.3, 0.4) is 0 Å². The van der Waals surface area contributed by atoms with Crippen molar-refractivity contribution in [2.45, 2.75) is 56.3 Å². The first-order valence-corrected chi connectivity index (χ1v) is 14.8. The van der Waals surface area contributed by atoms with Gasteiger partial charge in [-0.15, -0.1) is 23.4 Å². The molecule has 1 fully saturated rings. The topological polar surface area (TPSA) is 142 Å². The zero-order chi connectivity index (χ0) is 33.2. The molecule has 0 radical (unpaired) electrons. The fourth-order valence-corrected chi connectivity index (χ4v) is 6.57. The Morgan fingerprint density at radius 3 is 2.38 bits per heavy atom. The van der Waals surface area contributed by atoms with Gasteiger partial charge in [0.1, 0.15) is 5.56 Å². The molecular formula is C27H25F6N5O6S. The highest BCUT2D eigenvalue weighted by molar-refractivity contribution is 7.93. The summed E-state index contributed by atoms with van der Waals surface area (Å²) >= 11 is 0. The van der Waals surface area contributed by atoms with E-state index in [-0.39, 0.29) is 25.3 Å². The van der Waals surface area contributed by atoms with E-state index < -0.39 is 92.3 Å². The SMILES string of the molecule is C=CCCC(OCc1ccccc1)(c1nnc(-c2nc(N3C(CC=C)CCS3(=O)=O)c(C(F)(F)F)cc2[N+](=O)[O-])o1)C(F)(F)F. The fourth-order valence-electron chi connectivity index (χ4n) is 4.76. The normalized spacial score (nSPS) is 18.0. The molecule has 0 aliphatic carbocycles. The molecule has 2 atom stereocenters. The standard InChI is InChI=1S/C27H25F6N5O6S/c1-3-5-13-25(27(31,32)33,43-16-17-10-7-6-8-11-17)24-36-35-23(44-24)21-20(38(39)40)15-19(26(28,29)30)22(34-21)37-18(9-4-2)12-14-45(37,41)42/h3-4,6-8,10-11,15,18H,1-2,5,9,12-14,16H2. The number of allylic oxidation sites excluding steroid dienone is 1. The summed E-state index contributed by atoms with van der Waals surface area (Å²) in [5.74, 6) is -4.07. The van der Waals surface area contributed by atoms with Crippen LogP contribution in [-0.4, -0.2) is 46.5 Å². The van der Waals surface area contributed by atoms with Crippen LogP contribution in [0.15, 0.2) is 66.1 Å². The number of hydrogen-bond donors (Lipinski definition) is 0. The number of ether oxygens (including phenoxy) is 1. The average Bonchev–Trinajstić information content (AvgIpc) is 3.56. The first-order chi connectivity index (χ1) is 21.1. The van der Waals surface area contributed by atoms with Gasteiger partial charge in [0.25, 0.3) is 11.8 Å². The molecule has 0 N–H and O–H groups in total. The van der Waals surface area contributed by atoms with E-state index >= 15 is 0 Å². The van der Waals surface area contributed by atoms with Gasteiger partial charge in [-0.3, -0.25) is 10.1 Å². The maximum absolute atomic E-state index is 14.7. The van der Waals surface area contributed by atoms with Crippen molar-refractivity contribution < 1.29 is 48.8 Å². The molecule has 3 aromatic rings. The summed E-state index contributed by atoms with van der Waals surface area (Å²) < 4.78 is 124. The lowest BCUT2D eigenvalue weighted by Gasteiger charge is -2.32. The number of halogens is 6. The second-order valence-electron chi connectivity index (χ2n) is 9.90. The highest BCUT2D eigenvalue weighted by atomic mass is 32.2. The van der Waals surface area contributed by atoms with Gasteiger partial charge >= 0.3 is 18.0 Å². The highest BCUT2D eigenvalue weighted by Crippen LogP contribution is 2.48. The molecule has 0 bridgehead atoms. The number of sulfonamides is 1. The molecule has 1 aliphatic heterocycles. The zero-order valence-corrected chi connectivity index (χ0v) is 24.0. The fraction of sp³-hybridized carbons (Fsp3) is 0.370. The smallest absolute Gasteiger partial charge is 0.415 e. The number of benzene rings is 1. The van der Waals surface area contributed by atoms with Crippen LogP contribution in [0.4, 0.5) is 37.8 Å². The maximum atomic E-state index is 14.7. The van der Waals surface area contributed by atoms with Gasteiger partial charge < -0.3 is 9.15 Å². The first kappa shape index (κ1) is 33.6. The summed E-state index contributed by atoms with van der Waals surface area (Å²) in [5.41, 5.74) is -7.15. The van der Waals surface area contributed by atoms with E-state index in [1.165, 1.54) is 24.3 Å². The number of anilines is 1. The van der Waals surface area contributed by atoms with Gasteiger partial charge in [-0.05, 0) is 31.2 Å². The first-order valence-electron chi connectivity index (χ1n) is 13.1. The lowest BCUT2D eigenvalue weighted by Crippen LogP contribution is -2.45. The highest BCUT2D eigenvalue weighted by Gasteiger charge is 2.61. The minimum atomic E-state index is -5.33. The van der Waals surface area contributed by atoms with Gasteiger partial charge in [-0.2, -0.15) is 26.3 Å². The van der Waals surface area contributed by atoms with Crippen molar-refractivity contribution in [2.24, 2.45) is 0 Å². The maximum Gasteiger partial charge on any atom is 0.426 e. The monoisotopic (exact) mass is 661 g/mol. The molecule has 3 heterocycles. The molecule has 4 rings (SSSR count). The summed E-state index contributed by atoms with van der Waals surface area (Å²) in [6.45, 7) is 6.31. The molecule has 11 nitrogen and oxygen atoms in total. The molecule has 0 spiro atoms. The molecule has 2 aromatic heterocycles. The van der Waals surface area contributed by atoms with Crippen molar-refractivity contribution in [2.75, 3.05) is 10.1 Å². The number of pyridine rings is 1. The van der Waals surface area contributed by atoms with Crippen LogP contribution < -0.4 is 4.31 Å². The van der Waals surface area contributed by atoms with Crippen LogP contribution in [-0.2, 0) is 33.1 Å². The van der Waals surface area contributed by atoms with Crippen molar-refractivity contribution in [3.05, 3.63) is 88.8 Å². The lowest BCUT2D eigenvalue weighted by molar-refractivity contribution is -0.384. The van der Waals surface area contributed by atoms with Crippen LogP contribution in [0.1, 0.15) is 42.7 Å². The third-order valence-corrected chi connectivity index (χ3v) is 8.75. The summed E-state index contributed by atoms with van der Waals surface area (Å²) in [6, 6.07) is 6.71. The Kier molecular flexibility index (Phi) is 9.39. The van der Waals surface area contributed by atoms with E-state index in [9.17, 15) is 44.9 Å². The minimum absolute atomic E-state index is 0.0287. The molecule has 45 heavy (non-hydrogen) atoms. The van der Waals surface area contributed by atoms with Crippen molar-refractivity contribution in [3.8, 4) is 11.6 Å². The Hall–Kier alpha value is -4.32. The molecule has 242 valence electrons. The van der Waals surface area contributed by atoms with Gasteiger partial charge in [-0.25, -0.2) is 17.7 Å². The molecule has 0 saturated carbocycles. The Morgan fingerprint density at radius 1 is 1.11 bits per heavy atom. The number of nitro groups is 1. The summed E-state index contributed by atoms with van der Waals surface area (Å²) in [6.07, 6.45) is -9.38. The molecule has 1 aliphatic rings. The van der Waals surface area contributed by atoms with Crippen molar-refractivity contribution in [1.29, 1.82) is 0 Å². The van der Waals surface area contributed by atoms with Crippen LogP contribution in [0.2, 0.25) is 0 Å². The number of rotatable bonds is 12. The Bertz CT molecular complexity index is 1680. The summed E-state index contributed by atoms with van der Waals surface area (Å²) in [4.78, 5) is 14.3. The summed E-state index contributed by atoms with van der Waals surface area (Å²) in [5, 5.41) is 18.8. The number of alkyl halides is 6. The molecule has 0 amide bonds. The molecular weight excluding hydrogens is 636 g/mol. The van der Waals surface area contributed by atoms with Crippen molar-refractivity contribution in [1.82, 2.24) is 15.2 Å². The van der Waals surface area contributed by atoms with Crippen LogP contribution >= 0.6 is 0 Å². The number of hydrogen-bond acceptors (Lipinski definition) is 9. The zero-order valence-electron chi connectivity index (χ0n) is 23.2. The van der Waals surface area contributed by atoms with Crippen LogP contribution in [0.25, 0.3) is 11.6 Å². The van der Waals surface area contributed by atoms with Crippen LogP contribution in [0.5, 0.6) is 0 Å². The lowest BCUT2D eigenvalue weighted by atomic mass is 9.96. The van der Waals surface area contributed by atoms with Crippen molar-refractivity contribution in [3.63, 3.8) is 0 Å².